The van der Waals surface area contributed by atoms with E-state index < -0.39 is 0 Å². The standard InChI is InChI=1S/C12H24N2OS/c1-9(2)10(3)14-11(15)7-13-8-12(16-4)5-6-12/h9-10,13H,5-8H2,1-4H3,(H,14,15). The molecule has 1 unspecified atom stereocenters. The summed E-state index contributed by atoms with van der Waals surface area (Å²) in [6.45, 7) is 7.68. The van der Waals surface area contributed by atoms with E-state index in [2.05, 4.69) is 30.7 Å². The molecule has 0 aliphatic heterocycles. The summed E-state index contributed by atoms with van der Waals surface area (Å²) in [7, 11) is 0. The molecule has 1 rings (SSSR count). The van der Waals surface area contributed by atoms with E-state index in [4.69, 9.17) is 0 Å². The van der Waals surface area contributed by atoms with E-state index in [1.807, 2.05) is 18.7 Å². The Morgan fingerprint density at radius 3 is 2.44 bits per heavy atom. The number of thioether (sulfide) groups is 1. The summed E-state index contributed by atoms with van der Waals surface area (Å²) in [6.07, 6.45) is 4.71. The highest BCUT2D eigenvalue weighted by atomic mass is 32.2. The largest absolute Gasteiger partial charge is 0.352 e. The molecule has 1 saturated carbocycles. The van der Waals surface area contributed by atoms with Crippen molar-refractivity contribution in [3.8, 4) is 0 Å². The van der Waals surface area contributed by atoms with Crippen LogP contribution in [-0.4, -0.2) is 36.0 Å². The fourth-order valence-corrected chi connectivity index (χ4v) is 2.22. The Balaban J connectivity index is 2.11. The van der Waals surface area contributed by atoms with E-state index in [1.54, 1.807) is 0 Å². The number of carbonyl (C=O) groups is 1. The van der Waals surface area contributed by atoms with E-state index in [0.29, 0.717) is 17.2 Å². The lowest BCUT2D eigenvalue weighted by Gasteiger charge is -2.18. The normalized spacial score (nSPS) is 19.6. The molecule has 2 N–H and O–H groups in total. The van der Waals surface area contributed by atoms with Crippen molar-refractivity contribution in [2.45, 2.75) is 44.4 Å². The number of hydrogen-bond acceptors (Lipinski definition) is 3. The lowest BCUT2D eigenvalue weighted by Crippen LogP contribution is -2.42. The molecule has 1 atom stereocenters. The fraction of sp³-hybridized carbons (Fsp3) is 0.917. The first kappa shape index (κ1) is 13.8. The summed E-state index contributed by atoms with van der Waals surface area (Å²) in [5, 5.41) is 6.25. The second-order valence-electron chi connectivity index (χ2n) is 5.09. The van der Waals surface area contributed by atoms with Crippen molar-refractivity contribution in [1.82, 2.24) is 10.6 Å². The van der Waals surface area contributed by atoms with Gasteiger partial charge in [-0.05, 0) is 31.9 Å². The van der Waals surface area contributed by atoms with E-state index in [9.17, 15) is 4.79 Å². The molecule has 1 aliphatic rings. The van der Waals surface area contributed by atoms with Crippen LogP contribution in [0, 0.1) is 5.92 Å². The van der Waals surface area contributed by atoms with E-state index in [0.717, 1.165) is 6.54 Å². The molecule has 0 radical (unpaired) electrons. The van der Waals surface area contributed by atoms with Crippen LogP contribution in [0.15, 0.2) is 0 Å². The minimum Gasteiger partial charge on any atom is -0.352 e. The minimum absolute atomic E-state index is 0.109. The topological polar surface area (TPSA) is 41.1 Å². The molecule has 3 nitrogen and oxygen atoms in total. The van der Waals surface area contributed by atoms with Crippen LogP contribution in [0.2, 0.25) is 0 Å². The summed E-state index contributed by atoms with van der Waals surface area (Å²) in [5.41, 5.74) is 0. The van der Waals surface area contributed by atoms with Gasteiger partial charge in [-0.3, -0.25) is 4.79 Å². The van der Waals surface area contributed by atoms with Crippen molar-refractivity contribution < 1.29 is 4.79 Å². The SMILES string of the molecule is CSC1(CNCC(=O)NC(C)C(C)C)CC1. The van der Waals surface area contributed by atoms with Crippen LogP contribution in [-0.2, 0) is 4.79 Å². The Morgan fingerprint density at radius 2 is 2.00 bits per heavy atom. The van der Waals surface area contributed by atoms with Gasteiger partial charge in [0.2, 0.25) is 5.91 Å². The van der Waals surface area contributed by atoms with Gasteiger partial charge in [0.05, 0.1) is 6.54 Å². The lowest BCUT2D eigenvalue weighted by atomic mass is 10.1. The maximum Gasteiger partial charge on any atom is 0.234 e. The maximum atomic E-state index is 11.6. The van der Waals surface area contributed by atoms with Gasteiger partial charge in [0.15, 0.2) is 0 Å². The molecule has 94 valence electrons. The third-order valence-electron chi connectivity index (χ3n) is 3.36. The quantitative estimate of drug-likeness (QED) is 0.715. The Kier molecular flexibility index (Phi) is 5.12. The number of nitrogens with one attached hydrogen (secondary N) is 2. The second kappa shape index (κ2) is 5.92. The van der Waals surface area contributed by atoms with Crippen LogP contribution in [0.4, 0.5) is 0 Å². The van der Waals surface area contributed by atoms with Crippen molar-refractivity contribution in [3.05, 3.63) is 0 Å². The number of carbonyl (C=O) groups excluding carboxylic acids is 1. The van der Waals surface area contributed by atoms with Gasteiger partial charge in [0.25, 0.3) is 0 Å². The average Bonchev–Trinajstić information content (AvgIpc) is 2.98. The van der Waals surface area contributed by atoms with Crippen LogP contribution in [0.25, 0.3) is 0 Å². The maximum absolute atomic E-state index is 11.6. The highest BCUT2D eigenvalue weighted by Gasteiger charge is 2.41. The molecule has 0 saturated heterocycles. The van der Waals surface area contributed by atoms with Crippen LogP contribution < -0.4 is 10.6 Å². The summed E-state index contributed by atoms with van der Waals surface area (Å²) < 4.78 is 0.434. The highest BCUT2D eigenvalue weighted by Crippen LogP contribution is 2.46. The Labute approximate surface area is 103 Å². The third-order valence-corrected chi connectivity index (χ3v) is 4.78. The minimum atomic E-state index is 0.109. The van der Waals surface area contributed by atoms with Gasteiger partial charge in [-0.15, -0.1) is 0 Å². The van der Waals surface area contributed by atoms with Gasteiger partial charge in [0.1, 0.15) is 0 Å². The number of hydrogen-bond donors (Lipinski definition) is 2. The predicted octanol–water partition coefficient (Wildman–Crippen LogP) is 1.63. The van der Waals surface area contributed by atoms with E-state index >= 15 is 0 Å². The van der Waals surface area contributed by atoms with Gasteiger partial charge < -0.3 is 10.6 Å². The summed E-state index contributed by atoms with van der Waals surface area (Å²) in [5.74, 6) is 0.600. The Bertz CT molecular complexity index is 239. The summed E-state index contributed by atoms with van der Waals surface area (Å²) in [4.78, 5) is 11.6. The molecule has 1 amide bonds. The first-order valence-electron chi connectivity index (χ1n) is 6.04. The third kappa shape index (κ3) is 4.34. The first-order valence-corrected chi connectivity index (χ1v) is 7.27. The zero-order chi connectivity index (χ0) is 12.2. The predicted molar refractivity (Wildman–Crippen MR) is 70.8 cm³/mol. The molecule has 0 aromatic carbocycles. The van der Waals surface area contributed by atoms with Gasteiger partial charge in [-0.25, -0.2) is 0 Å². The summed E-state index contributed by atoms with van der Waals surface area (Å²) in [6, 6.07) is 0.254. The van der Waals surface area contributed by atoms with Gasteiger partial charge >= 0.3 is 0 Å². The van der Waals surface area contributed by atoms with Gasteiger partial charge in [0, 0.05) is 17.3 Å². The zero-order valence-electron chi connectivity index (χ0n) is 10.8. The van der Waals surface area contributed by atoms with Gasteiger partial charge in [-0.1, -0.05) is 13.8 Å². The number of amides is 1. The molecule has 0 heterocycles. The van der Waals surface area contributed by atoms with Crippen LogP contribution in [0.5, 0.6) is 0 Å². The van der Waals surface area contributed by atoms with Crippen LogP contribution in [0.1, 0.15) is 33.6 Å². The van der Waals surface area contributed by atoms with Crippen molar-refractivity contribution in [1.29, 1.82) is 0 Å². The van der Waals surface area contributed by atoms with Crippen molar-refractivity contribution in [2.24, 2.45) is 5.92 Å². The van der Waals surface area contributed by atoms with Crippen molar-refractivity contribution in [3.63, 3.8) is 0 Å². The van der Waals surface area contributed by atoms with Crippen LogP contribution in [0.3, 0.4) is 0 Å². The van der Waals surface area contributed by atoms with Crippen molar-refractivity contribution >= 4 is 17.7 Å². The molecule has 0 aromatic rings. The molecule has 0 aromatic heterocycles. The van der Waals surface area contributed by atoms with E-state index in [-0.39, 0.29) is 11.9 Å². The molecule has 0 bridgehead atoms. The average molecular weight is 244 g/mol. The molecule has 16 heavy (non-hydrogen) atoms. The van der Waals surface area contributed by atoms with Gasteiger partial charge in [-0.2, -0.15) is 11.8 Å². The van der Waals surface area contributed by atoms with Crippen molar-refractivity contribution in [2.75, 3.05) is 19.3 Å². The smallest absolute Gasteiger partial charge is 0.234 e. The molecule has 1 aliphatic carbocycles. The fourth-order valence-electron chi connectivity index (χ4n) is 1.47. The zero-order valence-corrected chi connectivity index (χ0v) is 11.6. The van der Waals surface area contributed by atoms with Crippen LogP contribution >= 0.6 is 11.8 Å². The second-order valence-corrected chi connectivity index (χ2v) is 6.37. The molecule has 4 heteroatoms. The molecular weight excluding hydrogens is 220 g/mol. The Morgan fingerprint density at radius 1 is 1.38 bits per heavy atom. The number of rotatable bonds is 7. The highest BCUT2D eigenvalue weighted by molar-refractivity contribution is 8.00. The monoisotopic (exact) mass is 244 g/mol. The molecule has 0 spiro atoms. The van der Waals surface area contributed by atoms with E-state index in [1.165, 1.54) is 12.8 Å². The summed E-state index contributed by atoms with van der Waals surface area (Å²) >= 11 is 1.91. The first-order chi connectivity index (χ1) is 7.49. The Hall–Kier alpha value is -0.220. The molecular formula is C12H24N2OS. The lowest BCUT2D eigenvalue weighted by molar-refractivity contribution is -0.121. The molecule has 1 fully saturated rings.